The van der Waals surface area contributed by atoms with Crippen LogP contribution in [0.5, 0.6) is 0 Å². The molecule has 5 nitrogen and oxygen atoms in total. The number of aryl methyl sites for hydroxylation is 1. The molecule has 0 atom stereocenters. The predicted octanol–water partition coefficient (Wildman–Crippen LogP) is 1.25. The van der Waals surface area contributed by atoms with E-state index in [-0.39, 0.29) is 11.1 Å². The molecule has 1 aromatic rings. The van der Waals surface area contributed by atoms with Crippen LogP contribution < -0.4 is 11.2 Å². The number of hydrogen-bond acceptors (Lipinski definition) is 4. The summed E-state index contributed by atoms with van der Waals surface area (Å²) in [5.74, 6) is 0. The maximum Gasteiger partial charge on any atom is 0.218 e. The van der Waals surface area contributed by atoms with Crippen LogP contribution in [-0.2, 0) is 16.0 Å². The second kappa shape index (κ2) is 7.47. The van der Waals surface area contributed by atoms with Gasteiger partial charge in [0.1, 0.15) is 0 Å². The first-order valence-electron chi connectivity index (χ1n) is 5.37. The molecule has 2 N–H and O–H groups in total. The molecule has 1 heterocycles. The summed E-state index contributed by atoms with van der Waals surface area (Å²) in [7, 11) is 1.64. The molecule has 0 saturated carbocycles. The third-order valence-corrected chi connectivity index (χ3v) is 2.76. The fourth-order valence-electron chi connectivity index (χ4n) is 1.34. The number of methoxy groups -OCH3 is 1. The maximum atomic E-state index is 11.3. The van der Waals surface area contributed by atoms with E-state index >= 15 is 0 Å². The van der Waals surface area contributed by atoms with Crippen molar-refractivity contribution >= 4 is 21.6 Å². The van der Waals surface area contributed by atoms with Crippen molar-refractivity contribution in [2.75, 3.05) is 32.7 Å². The molecule has 0 aliphatic rings. The summed E-state index contributed by atoms with van der Waals surface area (Å²) in [6.45, 7) is 2.63. The van der Waals surface area contributed by atoms with E-state index in [0.717, 1.165) is 13.0 Å². The minimum absolute atomic E-state index is 0.169. The van der Waals surface area contributed by atoms with Crippen molar-refractivity contribution in [2.24, 2.45) is 0 Å². The number of pyridine rings is 1. The minimum atomic E-state index is -0.169. The lowest BCUT2D eigenvalue weighted by molar-refractivity contribution is 0.0680. The van der Waals surface area contributed by atoms with Gasteiger partial charge in [-0.05, 0) is 22.4 Å². The first kappa shape index (κ1) is 14.2. The van der Waals surface area contributed by atoms with Crippen LogP contribution in [0, 0.1) is 0 Å². The first-order valence-corrected chi connectivity index (χ1v) is 6.16. The second-order valence-electron chi connectivity index (χ2n) is 3.59. The fourth-order valence-corrected chi connectivity index (χ4v) is 1.83. The highest BCUT2D eigenvalue weighted by molar-refractivity contribution is 9.10. The van der Waals surface area contributed by atoms with Gasteiger partial charge >= 0.3 is 0 Å². The first-order chi connectivity index (χ1) is 8.15. The Labute approximate surface area is 109 Å². The average molecular weight is 305 g/mol. The summed E-state index contributed by atoms with van der Waals surface area (Å²) in [5, 5.41) is 0. The number of hydrogen-bond donors (Lipinski definition) is 1. The standard InChI is InChI=1S/C11H17BrN2O3/c1-16-5-6-17-4-2-3-14-7-9(12)11(15)10(13)8-14/h7-8H,2-6,13H2,1H3. The highest BCUT2D eigenvalue weighted by Crippen LogP contribution is 2.06. The van der Waals surface area contributed by atoms with E-state index in [0.29, 0.717) is 24.3 Å². The number of nitrogens with two attached hydrogens (primary N) is 1. The van der Waals surface area contributed by atoms with Crippen LogP contribution in [0.1, 0.15) is 6.42 Å². The van der Waals surface area contributed by atoms with Gasteiger partial charge in [0.2, 0.25) is 5.43 Å². The molecule has 0 aliphatic heterocycles. The monoisotopic (exact) mass is 304 g/mol. The average Bonchev–Trinajstić information content (AvgIpc) is 2.30. The lowest BCUT2D eigenvalue weighted by atomic mass is 10.4. The van der Waals surface area contributed by atoms with Crippen molar-refractivity contribution in [1.82, 2.24) is 4.57 Å². The zero-order valence-electron chi connectivity index (χ0n) is 9.82. The molecule has 6 heteroatoms. The fraction of sp³-hybridized carbons (Fsp3) is 0.545. The number of rotatable bonds is 7. The second-order valence-corrected chi connectivity index (χ2v) is 4.44. The summed E-state index contributed by atoms with van der Waals surface area (Å²) in [6, 6.07) is 0. The van der Waals surface area contributed by atoms with Gasteiger partial charge in [-0.3, -0.25) is 4.79 Å². The van der Waals surface area contributed by atoms with Gasteiger partial charge in [0, 0.05) is 32.7 Å². The molecule has 96 valence electrons. The van der Waals surface area contributed by atoms with E-state index in [1.54, 1.807) is 19.5 Å². The van der Waals surface area contributed by atoms with Gasteiger partial charge in [-0.15, -0.1) is 0 Å². The van der Waals surface area contributed by atoms with Gasteiger partial charge < -0.3 is 19.8 Å². The molecule has 0 aromatic carbocycles. The molecule has 0 fully saturated rings. The maximum absolute atomic E-state index is 11.3. The van der Waals surface area contributed by atoms with E-state index in [4.69, 9.17) is 15.2 Å². The van der Waals surface area contributed by atoms with Crippen molar-refractivity contribution in [3.63, 3.8) is 0 Å². The molecule has 0 radical (unpaired) electrons. The van der Waals surface area contributed by atoms with Crippen molar-refractivity contribution in [2.45, 2.75) is 13.0 Å². The number of aromatic nitrogens is 1. The molecule has 0 spiro atoms. The largest absolute Gasteiger partial charge is 0.394 e. The zero-order valence-corrected chi connectivity index (χ0v) is 11.4. The molecule has 0 aliphatic carbocycles. The van der Waals surface area contributed by atoms with Crippen LogP contribution in [0.25, 0.3) is 0 Å². The number of nitrogen functional groups attached to an aromatic ring is 1. The SMILES string of the molecule is COCCOCCCn1cc(N)c(=O)c(Br)c1. The quantitative estimate of drug-likeness (QED) is 0.770. The van der Waals surface area contributed by atoms with Gasteiger partial charge in [-0.1, -0.05) is 0 Å². The molecule has 17 heavy (non-hydrogen) atoms. The molecule has 0 unspecified atom stereocenters. The smallest absolute Gasteiger partial charge is 0.218 e. The zero-order chi connectivity index (χ0) is 12.7. The molecule has 0 bridgehead atoms. The Bertz CT molecular complexity index is 380. The molecular formula is C11H17BrN2O3. The van der Waals surface area contributed by atoms with Gasteiger partial charge in [0.15, 0.2) is 0 Å². The van der Waals surface area contributed by atoms with Crippen molar-refractivity contribution in [3.05, 3.63) is 27.1 Å². The van der Waals surface area contributed by atoms with Gasteiger partial charge in [-0.2, -0.15) is 0 Å². The summed E-state index contributed by atoms with van der Waals surface area (Å²) < 4.78 is 12.6. The van der Waals surface area contributed by atoms with Crippen LogP contribution >= 0.6 is 15.9 Å². The lowest BCUT2D eigenvalue weighted by Crippen LogP contribution is -2.14. The third-order valence-electron chi connectivity index (χ3n) is 2.20. The van der Waals surface area contributed by atoms with Gasteiger partial charge in [-0.25, -0.2) is 0 Å². The van der Waals surface area contributed by atoms with Gasteiger partial charge in [0.25, 0.3) is 0 Å². The number of ether oxygens (including phenoxy) is 2. The van der Waals surface area contributed by atoms with E-state index < -0.39 is 0 Å². The van der Waals surface area contributed by atoms with Crippen LogP contribution in [-0.4, -0.2) is 31.5 Å². The summed E-state index contributed by atoms with van der Waals surface area (Å²) >= 11 is 3.18. The topological polar surface area (TPSA) is 66.5 Å². The Hall–Kier alpha value is -0.850. The van der Waals surface area contributed by atoms with E-state index in [9.17, 15) is 4.79 Å². The molecule has 0 saturated heterocycles. The molecular weight excluding hydrogens is 288 g/mol. The highest BCUT2D eigenvalue weighted by atomic mass is 79.9. The van der Waals surface area contributed by atoms with E-state index in [1.165, 1.54) is 0 Å². The summed E-state index contributed by atoms with van der Waals surface area (Å²) in [6.07, 6.45) is 4.23. The molecule has 1 rings (SSSR count). The number of halogens is 1. The summed E-state index contributed by atoms with van der Waals surface area (Å²) in [4.78, 5) is 11.3. The highest BCUT2D eigenvalue weighted by Gasteiger charge is 2.01. The van der Waals surface area contributed by atoms with Crippen LogP contribution in [0.15, 0.2) is 21.7 Å². The van der Waals surface area contributed by atoms with Crippen LogP contribution in [0.3, 0.4) is 0 Å². The summed E-state index contributed by atoms with van der Waals surface area (Å²) in [5.41, 5.74) is 5.66. The Morgan fingerprint density at radius 3 is 2.76 bits per heavy atom. The Balaban J connectivity index is 2.35. The van der Waals surface area contributed by atoms with E-state index in [1.807, 2.05) is 4.57 Å². The van der Waals surface area contributed by atoms with Crippen LogP contribution in [0.4, 0.5) is 5.69 Å². The van der Waals surface area contributed by atoms with Crippen molar-refractivity contribution in [1.29, 1.82) is 0 Å². The van der Waals surface area contributed by atoms with Crippen molar-refractivity contribution < 1.29 is 9.47 Å². The number of nitrogens with zero attached hydrogens (tertiary/aromatic N) is 1. The number of anilines is 1. The Kier molecular flexibility index (Phi) is 6.25. The molecule has 0 amide bonds. The van der Waals surface area contributed by atoms with E-state index in [2.05, 4.69) is 15.9 Å². The lowest BCUT2D eigenvalue weighted by Gasteiger charge is -2.08. The third kappa shape index (κ3) is 4.89. The van der Waals surface area contributed by atoms with Crippen LogP contribution in [0.2, 0.25) is 0 Å². The minimum Gasteiger partial charge on any atom is -0.394 e. The van der Waals surface area contributed by atoms with Crippen molar-refractivity contribution in [3.8, 4) is 0 Å². The normalized spacial score (nSPS) is 10.7. The Morgan fingerprint density at radius 2 is 2.12 bits per heavy atom. The predicted molar refractivity (Wildman–Crippen MR) is 70.1 cm³/mol. The molecule has 1 aromatic heterocycles. The van der Waals surface area contributed by atoms with Gasteiger partial charge in [0.05, 0.1) is 23.4 Å². The Morgan fingerprint density at radius 1 is 1.35 bits per heavy atom.